The molecule has 0 aliphatic rings. The van der Waals surface area contributed by atoms with Gasteiger partial charge >= 0.3 is 0 Å². The molecule has 0 bridgehead atoms. The largest absolute Gasteiger partial charge is 0.327 e. The Labute approximate surface area is 74.6 Å². The van der Waals surface area contributed by atoms with Crippen LogP contribution in [0.4, 0.5) is 0 Å². The van der Waals surface area contributed by atoms with E-state index in [0.29, 0.717) is 12.5 Å². The summed E-state index contributed by atoms with van der Waals surface area (Å²) in [5, 5.41) is 0. The molecule has 4 nitrogen and oxygen atoms in total. The van der Waals surface area contributed by atoms with Crippen molar-refractivity contribution in [1.82, 2.24) is 4.72 Å². The molecular weight excluding hydrogens is 176 g/mol. The predicted molar refractivity (Wildman–Crippen MR) is 50.3 cm³/mol. The fourth-order valence-corrected chi connectivity index (χ4v) is 1.46. The summed E-state index contributed by atoms with van der Waals surface area (Å²) in [4.78, 5) is 0. The van der Waals surface area contributed by atoms with Crippen LogP contribution in [0.1, 0.15) is 20.3 Å². The number of hydrogen-bond acceptors (Lipinski definition) is 3. The summed E-state index contributed by atoms with van der Waals surface area (Å²) in [5.41, 5.74) is 5.65. The highest BCUT2D eigenvalue weighted by molar-refractivity contribution is 7.88. The number of sulfonamides is 1. The van der Waals surface area contributed by atoms with E-state index < -0.39 is 10.0 Å². The molecule has 0 amide bonds. The maximum absolute atomic E-state index is 10.7. The van der Waals surface area contributed by atoms with E-state index in [9.17, 15) is 8.42 Å². The van der Waals surface area contributed by atoms with E-state index in [1.165, 1.54) is 0 Å². The normalized spacial score (nSPS) is 15.1. The second-order valence-electron chi connectivity index (χ2n) is 3.51. The maximum atomic E-state index is 10.7. The molecule has 0 radical (unpaired) electrons. The third-order valence-electron chi connectivity index (χ3n) is 1.38. The molecule has 1 atom stereocenters. The predicted octanol–water partition coefficient (Wildman–Crippen LogP) is -0.0910. The Hall–Kier alpha value is -0.130. The summed E-state index contributed by atoms with van der Waals surface area (Å²) in [7, 11) is -3.08. The van der Waals surface area contributed by atoms with Gasteiger partial charge in [-0.15, -0.1) is 0 Å². The SMILES string of the molecule is CC(C)C[C@H](N)CNS(C)(=O)=O. The lowest BCUT2D eigenvalue weighted by Crippen LogP contribution is -2.37. The van der Waals surface area contributed by atoms with Gasteiger partial charge in [-0.25, -0.2) is 13.1 Å². The molecular formula is C7H18N2O2S. The second kappa shape index (κ2) is 4.79. The van der Waals surface area contributed by atoms with Gasteiger partial charge in [0.2, 0.25) is 10.0 Å². The van der Waals surface area contributed by atoms with Crippen LogP contribution in [0.25, 0.3) is 0 Å². The summed E-state index contributed by atoms with van der Waals surface area (Å²) in [6, 6.07) is -0.0836. The molecule has 0 aliphatic carbocycles. The van der Waals surface area contributed by atoms with Crippen LogP contribution < -0.4 is 10.5 Å². The van der Waals surface area contributed by atoms with Crippen LogP contribution in [0.5, 0.6) is 0 Å². The molecule has 0 aromatic rings. The van der Waals surface area contributed by atoms with Crippen molar-refractivity contribution in [3.8, 4) is 0 Å². The molecule has 0 saturated carbocycles. The van der Waals surface area contributed by atoms with E-state index >= 15 is 0 Å². The fourth-order valence-electron chi connectivity index (χ4n) is 0.947. The molecule has 74 valence electrons. The molecule has 0 aromatic carbocycles. The third-order valence-corrected chi connectivity index (χ3v) is 2.07. The first-order valence-electron chi connectivity index (χ1n) is 4.01. The van der Waals surface area contributed by atoms with Crippen molar-refractivity contribution in [3.63, 3.8) is 0 Å². The molecule has 0 aromatic heterocycles. The van der Waals surface area contributed by atoms with Gasteiger partial charge in [0.25, 0.3) is 0 Å². The Morgan fingerprint density at radius 2 is 1.92 bits per heavy atom. The zero-order chi connectivity index (χ0) is 9.78. The average molecular weight is 194 g/mol. The number of nitrogens with two attached hydrogens (primary N) is 1. The van der Waals surface area contributed by atoms with E-state index in [2.05, 4.69) is 18.6 Å². The van der Waals surface area contributed by atoms with Crippen molar-refractivity contribution in [2.75, 3.05) is 12.8 Å². The number of hydrogen-bond donors (Lipinski definition) is 2. The first-order chi connectivity index (χ1) is 5.31. The van der Waals surface area contributed by atoms with Crippen molar-refractivity contribution < 1.29 is 8.42 Å². The van der Waals surface area contributed by atoms with Gasteiger partial charge in [0.15, 0.2) is 0 Å². The van der Waals surface area contributed by atoms with Crippen molar-refractivity contribution in [1.29, 1.82) is 0 Å². The van der Waals surface area contributed by atoms with Gasteiger partial charge in [-0.05, 0) is 12.3 Å². The maximum Gasteiger partial charge on any atom is 0.208 e. The standard InChI is InChI=1S/C7H18N2O2S/c1-6(2)4-7(8)5-9-12(3,10)11/h6-7,9H,4-5,8H2,1-3H3/t7-/m0/s1. The Morgan fingerprint density at radius 1 is 1.42 bits per heavy atom. The molecule has 5 heteroatoms. The minimum Gasteiger partial charge on any atom is -0.327 e. The van der Waals surface area contributed by atoms with Gasteiger partial charge in [0, 0.05) is 12.6 Å². The monoisotopic (exact) mass is 194 g/mol. The average Bonchev–Trinajstić information content (AvgIpc) is 1.80. The third kappa shape index (κ3) is 7.97. The molecule has 0 rings (SSSR count). The number of nitrogens with one attached hydrogen (secondary N) is 1. The molecule has 12 heavy (non-hydrogen) atoms. The van der Waals surface area contributed by atoms with E-state index in [4.69, 9.17) is 5.73 Å². The second-order valence-corrected chi connectivity index (χ2v) is 5.34. The summed E-state index contributed by atoms with van der Waals surface area (Å²) < 4.78 is 23.7. The Kier molecular flexibility index (Phi) is 4.74. The van der Waals surface area contributed by atoms with Gasteiger partial charge in [-0.3, -0.25) is 0 Å². The van der Waals surface area contributed by atoms with Crippen LogP contribution in [-0.4, -0.2) is 27.3 Å². The molecule has 0 fully saturated rings. The summed E-state index contributed by atoms with van der Waals surface area (Å²) in [6.45, 7) is 4.44. The van der Waals surface area contributed by atoms with Crippen LogP contribution >= 0.6 is 0 Å². The highest BCUT2D eigenvalue weighted by atomic mass is 32.2. The Balaban J connectivity index is 3.65. The van der Waals surface area contributed by atoms with Gasteiger partial charge in [0.1, 0.15) is 0 Å². The van der Waals surface area contributed by atoms with Gasteiger partial charge < -0.3 is 5.73 Å². The first kappa shape index (κ1) is 11.9. The molecule has 0 saturated heterocycles. The first-order valence-corrected chi connectivity index (χ1v) is 5.90. The van der Waals surface area contributed by atoms with Crippen molar-refractivity contribution in [2.24, 2.45) is 11.7 Å². The van der Waals surface area contributed by atoms with E-state index in [1.807, 2.05) is 0 Å². The lowest BCUT2D eigenvalue weighted by Gasteiger charge is -2.13. The molecule has 0 unspecified atom stereocenters. The van der Waals surface area contributed by atoms with Gasteiger partial charge in [-0.1, -0.05) is 13.8 Å². The summed E-state index contributed by atoms with van der Waals surface area (Å²) >= 11 is 0. The smallest absolute Gasteiger partial charge is 0.208 e. The van der Waals surface area contributed by atoms with Crippen LogP contribution in [-0.2, 0) is 10.0 Å². The van der Waals surface area contributed by atoms with Crippen molar-refractivity contribution in [2.45, 2.75) is 26.3 Å². The number of rotatable bonds is 5. The van der Waals surface area contributed by atoms with Gasteiger partial charge in [-0.2, -0.15) is 0 Å². The Morgan fingerprint density at radius 3 is 2.25 bits per heavy atom. The molecule has 0 heterocycles. The topological polar surface area (TPSA) is 72.2 Å². The van der Waals surface area contributed by atoms with Crippen molar-refractivity contribution >= 4 is 10.0 Å². The highest BCUT2D eigenvalue weighted by Gasteiger charge is 2.07. The van der Waals surface area contributed by atoms with Crippen LogP contribution in [0, 0.1) is 5.92 Å². The van der Waals surface area contributed by atoms with Gasteiger partial charge in [0.05, 0.1) is 6.26 Å². The zero-order valence-corrected chi connectivity index (χ0v) is 8.69. The minimum absolute atomic E-state index is 0.0836. The molecule has 0 spiro atoms. The quantitative estimate of drug-likeness (QED) is 0.642. The van der Waals surface area contributed by atoms with E-state index in [0.717, 1.165) is 12.7 Å². The minimum atomic E-state index is -3.08. The fraction of sp³-hybridized carbons (Fsp3) is 1.00. The summed E-state index contributed by atoms with van der Waals surface area (Å²) in [6.07, 6.45) is 1.97. The van der Waals surface area contributed by atoms with E-state index in [-0.39, 0.29) is 6.04 Å². The van der Waals surface area contributed by atoms with Crippen LogP contribution in [0.15, 0.2) is 0 Å². The lowest BCUT2D eigenvalue weighted by molar-refractivity contribution is 0.486. The van der Waals surface area contributed by atoms with E-state index in [1.54, 1.807) is 0 Å². The molecule has 0 aliphatic heterocycles. The van der Waals surface area contributed by atoms with Crippen LogP contribution in [0.3, 0.4) is 0 Å². The Bertz CT molecular complexity index is 211. The van der Waals surface area contributed by atoms with Crippen molar-refractivity contribution in [3.05, 3.63) is 0 Å². The highest BCUT2D eigenvalue weighted by Crippen LogP contribution is 2.01. The lowest BCUT2D eigenvalue weighted by atomic mass is 10.1. The molecule has 3 N–H and O–H groups in total. The summed E-state index contributed by atoms with van der Waals surface area (Å²) in [5.74, 6) is 0.501. The zero-order valence-electron chi connectivity index (χ0n) is 7.87. The van der Waals surface area contributed by atoms with Crippen LogP contribution in [0.2, 0.25) is 0 Å².